The van der Waals surface area contributed by atoms with Crippen LogP contribution in [0.4, 0.5) is 0 Å². The van der Waals surface area contributed by atoms with Crippen molar-refractivity contribution in [3.63, 3.8) is 0 Å². The molecule has 0 spiro atoms. The summed E-state index contributed by atoms with van der Waals surface area (Å²) < 4.78 is 16.2. The Morgan fingerprint density at radius 3 is 2.44 bits per heavy atom. The average Bonchev–Trinajstić information content (AvgIpc) is 3.42. The lowest BCUT2D eigenvalue weighted by molar-refractivity contribution is -0.143. The molecule has 0 aliphatic carbocycles. The second kappa shape index (κ2) is 9.93. The molecule has 4 rings (SSSR count). The van der Waals surface area contributed by atoms with E-state index in [1.54, 1.807) is 19.1 Å². The SMILES string of the molecule is COc1ccc([C@@H]2[C@@H](C(=O)O)C(c3ccc4c(c3)OCO4)CN2CC(=O)N(C)CC(C)C)cc1. The van der Waals surface area contributed by atoms with Gasteiger partial charge in [-0.25, -0.2) is 0 Å². The Labute approximate surface area is 200 Å². The summed E-state index contributed by atoms with van der Waals surface area (Å²) in [6.07, 6.45) is 0. The molecule has 0 aromatic heterocycles. The maximum Gasteiger partial charge on any atom is 0.309 e. The number of likely N-dealkylation sites (N-methyl/N-ethyl adjacent to an activating group) is 1. The van der Waals surface area contributed by atoms with Crippen molar-refractivity contribution >= 4 is 11.9 Å². The summed E-state index contributed by atoms with van der Waals surface area (Å²) >= 11 is 0. The minimum absolute atomic E-state index is 0.0253. The largest absolute Gasteiger partial charge is 0.497 e. The summed E-state index contributed by atoms with van der Waals surface area (Å²) in [5.41, 5.74) is 1.71. The summed E-state index contributed by atoms with van der Waals surface area (Å²) in [4.78, 5) is 29.4. The van der Waals surface area contributed by atoms with E-state index in [1.807, 2.05) is 47.4 Å². The molecular formula is C26H32N2O6. The Bertz CT molecular complexity index is 1040. The summed E-state index contributed by atoms with van der Waals surface area (Å²) in [5.74, 6) is 0.339. The standard InChI is InChI=1S/C26H32N2O6/c1-16(2)12-27(3)23(29)14-28-13-20(18-7-10-21-22(11-18)34-15-33-21)24(26(30)31)25(28)17-5-8-19(32-4)9-6-17/h5-11,16,20,24-25H,12-15H2,1-4H3,(H,30,31)/t20?,24-,25+/m0/s1. The number of ether oxygens (including phenoxy) is 3. The third kappa shape index (κ3) is 4.82. The Morgan fingerprint density at radius 1 is 1.12 bits per heavy atom. The zero-order valence-electron chi connectivity index (χ0n) is 20.1. The van der Waals surface area contributed by atoms with Gasteiger partial charge in [-0.05, 0) is 41.3 Å². The molecule has 8 heteroatoms. The highest BCUT2D eigenvalue weighted by Crippen LogP contribution is 2.47. The van der Waals surface area contributed by atoms with Crippen molar-refractivity contribution in [3.05, 3.63) is 53.6 Å². The summed E-state index contributed by atoms with van der Waals surface area (Å²) in [7, 11) is 3.39. The number of rotatable bonds is 8. The molecule has 0 saturated carbocycles. The van der Waals surface area contributed by atoms with E-state index in [4.69, 9.17) is 14.2 Å². The number of likely N-dealkylation sites (tertiary alicyclic amines) is 1. The van der Waals surface area contributed by atoms with Crippen molar-refractivity contribution in [2.24, 2.45) is 11.8 Å². The van der Waals surface area contributed by atoms with Crippen molar-refractivity contribution in [3.8, 4) is 17.2 Å². The number of aliphatic carboxylic acids is 1. The molecule has 1 fully saturated rings. The number of fused-ring (bicyclic) bond motifs is 1. The number of benzene rings is 2. The first-order valence-electron chi connectivity index (χ1n) is 11.5. The van der Waals surface area contributed by atoms with Gasteiger partial charge in [0.15, 0.2) is 11.5 Å². The Morgan fingerprint density at radius 2 is 1.79 bits per heavy atom. The van der Waals surface area contributed by atoms with Crippen molar-refractivity contribution in [2.45, 2.75) is 25.8 Å². The van der Waals surface area contributed by atoms with E-state index in [0.29, 0.717) is 36.3 Å². The van der Waals surface area contributed by atoms with Crippen molar-refractivity contribution in [1.29, 1.82) is 0 Å². The van der Waals surface area contributed by atoms with Gasteiger partial charge < -0.3 is 24.2 Å². The fourth-order valence-electron chi connectivity index (χ4n) is 5.02. The van der Waals surface area contributed by atoms with Crippen LogP contribution in [0.15, 0.2) is 42.5 Å². The van der Waals surface area contributed by atoms with Gasteiger partial charge in [-0.1, -0.05) is 32.0 Å². The van der Waals surface area contributed by atoms with Gasteiger partial charge in [0.05, 0.1) is 19.6 Å². The van der Waals surface area contributed by atoms with Gasteiger partial charge in [0.2, 0.25) is 12.7 Å². The van der Waals surface area contributed by atoms with E-state index >= 15 is 0 Å². The van der Waals surface area contributed by atoms with Crippen LogP contribution < -0.4 is 14.2 Å². The molecule has 34 heavy (non-hydrogen) atoms. The van der Waals surface area contributed by atoms with Gasteiger partial charge in [0.25, 0.3) is 0 Å². The van der Waals surface area contributed by atoms with E-state index < -0.39 is 17.9 Å². The molecule has 2 aromatic carbocycles. The normalized spacial score (nSPS) is 21.6. The van der Waals surface area contributed by atoms with E-state index in [-0.39, 0.29) is 25.2 Å². The fraction of sp³-hybridized carbons (Fsp3) is 0.462. The zero-order chi connectivity index (χ0) is 24.4. The number of carbonyl (C=O) groups excluding carboxylic acids is 1. The van der Waals surface area contributed by atoms with Gasteiger partial charge in [-0.15, -0.1) is 0 Å². The molecule has 8 nitrogen and oxygen atoms in total. The topological polar surface area (TPSA) is 88.5 Å². The molecule has 1 saturated heterocycles. The summed E-state index contributed by atoms with van der Waals surface area (Å²) in [5, 5.41) is 10.3. The molecule has 2 heterocycles. The molecule has 3 atom stereocenters. The summed E-state index contributed by atoms with van der Waals surface area (Å²) in [6.45, 7) is 5.52. The van der Waals surface area contributed by atoms with E-state index in [9.17, 15) is 14.7 Å². The first-order chi connectivity index (χ1) is 16.3. The Balaban J connectivity index is 1.69. The molecule has 2 aliphatic rings. The number of hydrogen-bond acceptors (Lipinski definition) is 6. The lowest BCUT2D eigenvalue weighted by Gasteiger charge is -2.29. The molecule has 1 N–H and O–H groups in total. The molecule has 0 bridgehead atoms. The van der Waals surface area contributed by atoms with Crippen LogP contribution in [0.25, 0.3) is 0 Å². The number of amides is 1. The van der Waals surface area contributed by atoms with Gasteiger partial charge >= 0.3 is 5.97 Å². The van der Waals surface area contributed by atoms with Crippen LogP contribution in [0, 0.1) is 11.8 Å². The second-order valence-corrected chi connectivity index (χ2v) is 9.40. The van der Waals surface area contributed by atoms with Crippen molar-refractivity contribution in [2.75, 3.05) is 40.6 Å². The zero-order valence-corrected chi connectivity index (χ0v) is 20.1. The van der Waals surface area contributed by atoms with Gasteiger partial charge in [-0.2, -0.15) is 0 Å². The van der Waals surface area contributed by atoms with Crippen LogP contribution >= 0.6 is 0 Å². The predicted molar refractivity (Wildman–Crippen MR) is 126 cm³/mol. The van der Waals surface area contributed by atoms with Crippen LogP contribution in [0.3, 0.4) is 0 Å². The first kappa shape index (κ1) is 23.9. The molecular weight excluding hydrogens is 436 g/mol. The van der Waals surface area contributed by atoms with E-state index in [2.05, 4.69) is 13.8 Å². The Kier molecular flexibility index (Phi) is 6.97. The summed E-state index contributed by atoms with van der Waals surface area (Å²) in [6, 6.07) is 12.5. The second-order valence-electron chi connectivity index (χ2n) is 9.40. The number of nitrogens with zero attached hydrogens (tertiary/aromatic N) is 2. The smallest absolute Gasteiger partial charge is 0.309 e. The van der Waals surface area contributed by atoms with Crippen LogP contribution in [0.2, 0.25) is 0 Å². The van der Waals surface area contributed by atoms with Crippen LogP contribution in [-0.4, -0.2) is 67.4 Å². The van der Waals surface area contributed by atoms with Gasteiger partial charge in [0.1, 0.15) is 5.75 Å². The predicted octanol–water partition coefficient (Wildman–Crippen LogP) is 3.38. The Hall–Kier alpha value is -3.26. The maximum atomic E-state index is 13.1. The number of hydrogen-bond donors (Lipinski definition) is 1. The van der Waals surface area contributed by atoms with Gasteiger partial charge in [0, 0.05) is 32.1 Å². The maximum absolute atomic E-state index is 13.1. The van der Waals surface area contributed by atoms with Crippen molar-refractivity contribution < 1.29 is 28.9 Å². The minimum atomic E-state index is -0.894. The van der Waals surface area contributed by atoms with Crippen LogP contribution in [-0.2, 0) is 9.59 Å². The lowest BCUT2D eigenvalue weighted by atomic mass is 9.82. The minimum Gasteiger partial charge on any atom is -0.497 e. The first-order valence-corrected chi connectivity index (χ1v) is 11.5. The molecule has 1 unspecified atom stereocenters. The number of carbonyl (C=O) groups is 2. The molecule has 182 valence electrons. The lowest BCUT2D eigenvalue weighted by Crippen LogP contribution is -2.40. The highest BCUT2D eigenvalue weighted by atomic mass is 16.7. The third-order valence-corrected chi connectivity index (χ3v) is 6.57. The highest BCUT2D eigenvalue weighted by molar-refractivity contribution is 5.79. The fourth-order valence-corrected chi connectivity index (χ4v) is 5.02. The molecule has 1 amide bonds. The quantitative estimate of drug-likeness (QED) is 0.635. The van der Waals surface area contributed by atoms with Crippen LogP contribution in [0.5, 0.6) is 17.2 Å². The van der Waals surface area contributed by atoms with E-state index in [1.165, 1.54) is 0 Å². The average molecular weight is 469 g/mol. The number of methoxy groups -OCH3 is 1. The van der Waals surface area contributed by atoms with Crippen molar-refractivity contribution in [1.82, 2.24) is 9.80 Å². The highest BCUT2D eigenvalue weighted by Gasteiger charge is 2.48. The monoisotopic (exact) mass is 468 g/mol. The molecule has 2 aromatic rings. The third-order valence-electron chi connectivity index (χ3n) is 6.57. The number of carboxylic acid groups (broad SMARTS) is 1. The number of carboxylic acids is 1. The van der Waals surface area contributed by atoms with E-state index in [0.717, 1.165) is 11.1 Å². The van der Waals surface area contributed by atoms with Crippen LogP contribution in [0.1, 0.15) is 36.9 Å². The molecule has 0 radical (unpaired) electrons. The molecule has 2 aliphatic heterocycles. The van der Waals surface area contributed by atoms with Gasteiger partial charge in [-0.3, -0.25) is 14.5 Å².